The number of methoxy groups -OCH3 is 4. The van der Waals surface area contributed by atoms with Crippen molar-refractivity contribution in [3.05, 3.63) is 42.0 Å². The van der Waals surface area contributed by atoms with Gasteiger partial charge in [0.2, 0.25) is 5.91 Å². The van der Waals surface area contributed by atoms with Crippen molar-refractivity contribution in [3.8, 4) is 23.0 Å². The molecule has 0 fully saturated rings. The van der Waals surface area contributed by atoms with Gasteiger partial charge < -0.3 is 24.3 Å². The summed E-state index contributed by atoms with van der Waals surface area (Å²) in [5.74, 6) is 2.02. The van der Waals surface area contributed by atoms with Crippen LogP contribution < -0.4 is 24.3 Å². The van der Waals surface area contributed by atoms with Gasteiger partial charge in [-0.05, 0) is 17.7 Å². The Balaban J connectivity index is 2.21. The van der Waals surface area contributed by atoms with E-state index in [9.17, 15) is 4.79 Å². The van der Waals surface area contributed by atoms with Gasteiger partial charge in [-0.1, -0.05) is 12.1 Å². The molecule has 6 heteroatoms. The average molecular weight is 331 g/mol. The van der Waals surface area contributed by atoms with E-state index < -0.39 is 0 Å². The lowest BCUT2D eigenvalue weighted by Gasteiger charge is -2.16. The van der Waals surface area contributed by atoms with Crippen LogP contribution in [0.15, 0.2) is 36.4 Å². The van der Waals surface area contributed by atoms with E-state index in [1.807, 2.05) is 24.3 Å². The van der Waals surface area contributed by atoms with Crippen LogP contribution in [0.2, 0.25) is 0 Å². The molecular weight excluding hydrogens is 310 g/mol. The topological polar surface area (TPSA) is 66.0 Å². The third-order valence-electron chi connectivity index (χ3n) is 3.48. The maximum atomic E-state index is 12.4. The van der Waals surface area contributed by atoms with E-state index in [0.29, 0.717) is 28.7 Å². The predicted octanol–water partition coefficient (Wildman–Crippen LogP) is 2.90. The zero-order valence-corrected chi connectivity index (χ0v) is 14.2. The molecule has 2 aromatic rings. The third-order valence-corrected chi connectivity index (χ3v) is 3.48. The average Bonchev–Trinajstić information content (AvgIpc) is 2.61. The second-order valence-corrected chi connectivity index (χ2v) is 4.98. The second kappa shape index (κ2) is 8.10. The smallest absolute Gasteiger partial charge is 0.228 e. The molecule has 6 nitrogen and oxygen atoms in total. The van der Waals surface area contributed by atoms with E-state index in [1.54, 1.807) is 26.4 Å². The van der Waals surface area contributed by atoms with E-state index in [2.05, 4.69) is 5.32 Å². The van der Waals surface area contributed by atoms with Crippen molar-refractivity contribution in [2.45, 2.75) is 6.42 Å². The molecule has 1 amide bonds. The fourth-order valence-corrected chi connectivity index (χ4v) is 2.28. The Hall–Kier alpha value is -2.89. The summed E-state index contributed by atoms with van der Waals surface area (Å²) >= 11 is 0. The van der Waals surface area contributed by atoms with Crippen LogP contribution in [0.25, 0.3) is 0 Å². The van der Waals surface area contributed by atoms with E-state index in [-0.39, 0.29) is 12.3 Å². The number of carbonyl (C=O) groups is 1. The van der Waals surface area contributed by atoms with Crippen molar-refractivity contribution < 1.29 is 23.7 Å². The van der Waals surface area contributed by atoms with Crippen LogP contribution in [0.3, 0.4) is 0 Å². The quantitative estimate of drug-likeness (QED) is 0.845. The van der Waals surface area contributed by atoms with Crippen LogP contribution in [0.4, 0.5) is 5.69 Å². The Kier molecular flexibility index (Phi) is 5.89. The normalized spacial score (nSPS) is 10.0. The highest BCUT2D eigenvalue weighted by atomic mass is 16.5. The molecule has 0 saturated heterocycles. The van der Waals surface area contributed by atoms with Gasteiger partial charge in [0.05, 0.1) is 34.9 Å². The van der Waals surface area contributed by atoms with Crippen LogP contribution in [0.5, 0.6) is 23.0 Å². The fraction of sp³-hybridized carbons (Fsp3) is 0.278. The van der Waals surface area contributed by atoms with Gasteiger partial charge in [-0.2, -0.15) is 0 Å². The maximum Gasteiger partial charge on any atom is 0.228 e. The fourth-order valence-electron chi connectivity index (χ4n) is 2.28. The van der Waals surface area contributed by atoms with Crippen LogP contribution >= 0.6 is 0 Å². The Bertz CT molecular complexity index is 689. The zero-order chi connectivity index (χ0) is 17.5. The van der Waals surface area contributed by atoms with Crippen LogP contribution in [-0.2, 0) is 11.2 Å². The van der Waals surface area contributed by atoms with Gasteiger partial charge in [-0.15, -0.1) is 0 Å². The zero-order valence-electron chi connectivity index (χ0n) is 14.2. The number of ether oxygens (including phenoxy) is 4. The van der Waals surface area contributed by atoms with Crippen molar-refractivity contribution in [1.82, 2.24) is 0 Å². The van der Waals surface area contributed by atoms with Gasteiger partial charge in [-0.3, -0.25) is 4.79 Å². The van der Waals surface area contributed by atoms with Crippen LogP contribution in [0.1, 0.15) is 5.56 Å². The van der Waals surface area contributed by atoms with Crippen molar-refractivity contribution >= 4 is 11.6 Å². The van der Waals surface area contributed by atoms with Gasteiger partial charge >= 0.3 is 0 Å². The summed E-state index contributed by atoms with van der Waals surface area (Å²) in [4.78, 5) is 12.4. The second-order valence-electron chi connectivity index (χ2n) is 4.98. The number of rotatable bonds is 7. The van der Waals surface area contributed by atoms with Crippen LogP contribution in [-0.4, -0.2) is 34.3 Å². The van der Waals surface area contributed by atoms with Crippen molar-refractivity contribution in [2.75, 3.05) is 33.8 Å². The van der Waals surface area contributed by atoms with E-state index in [0.717, 1.165) is 5.56 Å². The highest BCUT2D eigenvalue weighted by Gasteiger charge is 2.16. The van der Waals surface area contributed by atoms with Crippen LogP contribution in [0, 0.1) is 0 Å². The lowest BCUT2D eigenvalue weighted by molar-refractivity contribution is -0.115. The molecule has 1 N–H and O–H groups in total. The third kappa shape index (κ3) is 4.10. The predicted molar refractivity (Wildman–Crippen MR) is 91.4 cm³/mol. The molecule has 2 aromatic carbocycles. The molecule has 0 spiro atoms. The molecule has 0 atom stereocenters. The molecule has 0 radical (unpaired) electrons. The van der Waals surface area contributed by atoms with Crippen molar-refractivity contribution in [3.63, 3.8) is 0 Å². The van der Waals surface area contributed by atoms with Crippen molar-refractivity contribution in [1.29, 1.82) is 0 Å². The molecule has 0 aliphatic carbocycles. The summed E-state index contributed by atoms with van der Waals surface area (Å²) in [6.45, 7) is 0. The van der Waals surface area contributed by atoms with Crippen molar-refractivity contribution in [2.24, 2.45) is 0 Å². The summed E-state index contributed by atoms with van der Waals surface area (Å²) in [6, 6.07) is 10.7. The molecule has 0 aliphatic heterocycles. The lowest BCUT2D eigenvalue weighted by atomic mass is 10.1. The molecule has 0 saturated carbocycles. The lowest BCUT2D eigenvalue weighted by Crippen LogP contribution is -2.16. The molecular formula is C18H21NO5. The molecule has 0 aliphatic rings. The number of hydrogen-bond acceptors (Lipinski definition) is 5. The van der Waals surface area contributed by atoms with E-state index in [4.69, 9.17) is 18.9 Å². The number of benzene rings is 2. The highest BCUT2D eigenvalue weighted by Crippen LogP contribution is 2.38. The first-order chi connectivity index (χ1) is 11.6. The number of anilines is 1. The summed E-state index contributed by atoms with van der Waals surface area (Å²) in [5, 5.41) is 2.83. The van der Waals surface area contributed by atoms with Gasteiger partial charge in [0, 0.05) is 12.1 Å². The van der Waals surface area contributed by atoms with Gasteiger partial charge in [0.25, 0.3) is 0 Å². The molecule has 0 unspecified atom stereocenters. The first-order valence-electron chi connectivity index (χ1n) is 7.34. The van der Waals surface area contributed by atoms with Gasteiger partial charge in [-0.25, -0.2) is 0 Å². The maximum absolute atomic E-state index is 12.4. The largest absolute Gasteiger partial charge is 0.497 e. The Morgan fingerprint density at radius 3 is 2.04 bits per heavy atom. The SMILES string of the molecule is COc1cccc(CC(=O)Nc2c(OC)cc(OC)cc2OC)c1. The molecule has 128 valence electrons. The number of hydrogen-bond donors (Lipinski definition) is 1. The summed E-state index contributed by atoms with van der Waals surface area (Å²) in [5.41, 5.74) is 1.31. The Morgan fingerprint density at radius 1 is 0.875 bits per heavy atom. The monoisotopic (exact) mass is 331 g/mol. The van der Waals surface area contributed by atoms with Gasteiger partial charge in [0.15, 0.2) is 0 Å². The Labute approximate surface area is 141 Å². The van der Waals surface area contributed by atoms with E-state index in [1.165, 1.54) is 14.2 Å². The standard InChI is InChI=1S/C18H21NO5/c1-21-13-7-5-6-12(8-13)9-17(20)19-18-15(23-3)10-14(22-2)11-16(18)24-4/h5-8,10-11H,9H2,1-4H3,(H,19,20). The highest BCUT2D eigenvalue weighted by molar-refractivity contribution is 5.95. The number of carbonyl (C=O) groups excluding carboxylic acids is 1. The Morgan fingerprint density at radius 2 is 1.50 bits per heavy atom. The molecule has 0 aromatic heterocycles. The number of nitrogens with one attached hydrogen (secondary N) is 1. The summed E-state index contributed by atoms with van der Waals surface area (Å²) in [7, 11) is 6.18. The van der Waals surface area contributed by atoms with E-state index >= 15 is 0 Å². The minimum Gasteiger partial charge on any atom is -0.497 e. The van der Waals surface area contributed by atoms with Gasteiger partial charge in [0.1, 0.15) is 28.7 Å². The number of amides is 1. The molecule has 2 rings (SSSR count). The molecule has 24 heavy (non-hydrogen) atoms. The molecule has 0 heterocycles. The molecule has 0 bridgehead atoms. The summed E-state index contributed by atoms with van der Waals surface area (Å²) in [6.07, 6.45) is 0.204. The first-order valence-corrected chi connectivity index (χ1v) is 7.34. The summed E-state index contributed by atoms with van der Waals surface area (Å²) < 4.78 is 21.0. The minimum absolute atomic E-state index is 0.190. The minimum atomic E-state index is -0.190. The first kappa shape index (κ1) is 17.5.